The molecule has 0 bridgehead atoms. The van der Waals surface area contributed by atoms with Crippen LogP contribution in [0.1, 0.15) is 44.9 Å². The molecule has 0 saturated carbocycles. The maximum absolute atomic E-state index is 12.0. The molecule has 0 saturated heterocycles. The molecular formula is C45H36O4. The Kier molecular flexibility index (Phi) is 7.00. The Balaban J connectivity index is 1.47. The van der Waals surface area contributed by atoms with Crippen LogP contribution in [0.5, 0.6) is 23.0 Å². The Morgan fingerprint density at radius 2 is 0.837 bits per heavy atom. The third kappa shape index (κ3) is 4.91. The van der Waals surface area contributed by atoms with E-state index in [0.717, 1.165) is 65.9 Å². The molecule has 49 heavy (non-hydrogen) atoms. The predicted molar refractivity (Wildman–Crippen MR) is 200 cm³/mol. The van der Waals surface area contributed by atoms with E-state index < -0.39 is 5.92 Å². The van der Waals surface area contributed by atoms with Crippen molar-refractivity contribution in [1.82, 2.24) is 0 Å². The number of benzene rings is 8. The fraction of sp³-hybridized carbons (Fsp3) is 0.111. The highest BCUT2D eigenvalue weighted by atomic mass is 16.3. The van der Waals surface area contributed by atoms with Crippen LogP contribution in [-0.4, -0.2) is 20.4 Å². The van der Waals surface area contributed by atoms with Gasteiger partial charge in [0, 0.05) is 17.0 Å². The Hall–Kier alpha value is -6.00. The highest BCUT2D eigenvalue weighted by Crippen LogP contribution is 2.49. The maximum atomic E-state index is 12.0. The van der Waals surface area contributed by atoms with Gasteiger partial charge in [0.05, 0.1) is 0 Å². The summed E-state index contributed by atoms with van der Waals surface area (Å²) >= 11 is 0. The first kappa shape index (κ1) is 30.3. The minimum Gasteiger partial charge on any atom is -0.508 e. The van der Waals surface area contributed by atoms with Crippen LogP contribution in [0.4, 0.5) is 0 Å². The van der Waals surface area contributed by atoms with Gasteiger partial charge in [0.2, 0.25) is 0 Å². The summed E-state index contributed by atoms with van der Waals surface area (Å²) in [6.07, 6.45) is 0. The fourth-order valence-electron chi connectivity index (χ4n) is 7.57. The first-order valence-electron chi connectivity index (χ1n) is 16.5. The predicted octanol–water partition coefficient (Wildman–Crippen LogP) is 11.2. The van der Waals surface area contributed by atoms with Crippen LogP contribution in [0.25, 0.3) is 54.6 Å². The van der Waals surface area contributed by atoms with E-state index in [1.165, 1.54) is 5.39 Å². The summed E-state index contributed by atoms with van der Waals surface area (Å²) in [5.74, 6) is 0.231. The summed E-state index contributed by atoms with van der Waals surface area (Å²) in [5.41, 5.74) is 8.89. The molecule has 0 unspecified atom stereocenters. The zero-order valence-electron chi connectivity index (χ0n) is 27.8. The summed E-state index contributed by atoms with van der Waals surface area (Å²) < 4.78 is 0. The lowest BCUT2D eigenvalue weighted by atomic mass is 9.78. The smallest absolute Gasteiger partial charge is 0.122 e. The third-order valence-electron chi connectivity index (χ3n) is 10.2. The van der Waals surface area contributed by atoms with Gasteiger partial charge in [-0.3, -0.25) is 0 Å². The van der Waals surface area contributed by atoms with Gasteiger partial charge in [0.25, 0.3) is 0 Å². The molecule has 0 amide bonds. The summed E-state index contributed by atoms with van der Waals surface area (Å²) in [7, 11) is 0. The first-order valence-corrected chi connectivity index (χ1v) is 16.5. The molecule has 0 atom stereocenters. The van der Waals surface area contributed by atoms with Crippen molar-refractivity contribution in [1.29, 1.82) is 0 Å². The van der Waals surface area contributed by atoms with Gasteiger partial charge in [-0.2, -0.15) is 0 Å². The molecule has 0 aromatic heterocycles. The van der Waals surface area contributed by atoms with Crippen LogP contribution in [-0.2, 0) is 0 Å². The van der Waals surface area contributed by atoms with E-state index in [1.807, 2.05) is 76.2 Å². The SMILES string of the molecule is Cc1cc(-c2cc(C)c(O)c(C(c3cc(-c4ccc(O)c(C)c4)cc(C)c3O)c3ccc4ccc5cccc6ccc3c4c56)c2)ccc1O. The molecule has 8 aromatic carbocycles. The van der Waals surface area contributed by atoms with Gasteiger partial charge in [-0.25, -0.2) is 0 Å². The van der Waals surface area contributed by atoms with Gasteiger partial charge in [-0.1, -0.05) is 66.7 Å². The Bertz CT molecular complexity index is 2470. The molecule has 240 valence electrons. The summed E-state index contributed by atoms with van der Waals surface area (Å²) in [5, 5.41) is 51.3. The molecule has 0 radical (unpaired) electrons. The lowest BCUT2D eigenvalue weighted by Crippen LogP contribution is -2.08. The van der Waals surface area contributed by atoms with Crippen LogP contribution >= 0.6 is 0 Å². The third-order valence-corrected chi connectivity index (χ3v) is 10.2. The second-order valence-corrected chi connectivity index (χ2v) is 13.4. The van der Waals surface area contributed by atoms with E-state index in [0.29, 0.717) is 22.3 Å². The van der Waals surface area contributed by atoms with Crippen LogP contribution < -0.4 is 0 Å². The van der Waals surface area contributed by atoms with Gasteiger partial charge in [0.1, 0.15) is 23.0 Å². The van der Waals surface area contributed by atoms with E-state index in [1.54, 1.807) is 12.1 Å². The van der Waals surface area contributed by atoms with E-state index in [4.69, 9.17) is 0 Å². The largest absolute Gasteiger partial charge is 0.508 e. The molecule has 4 heteroatoms. The average molecular weight is 641 g/mol. The number of hydrogen-bond donors (Lipinski definition) is 4. The van der Waals surface area contributed by atoms with E-state index in [2.05, 4.69) is 54.6 Å². The Morgan fingerprint density at radius 3 is 1.35 bits per heavy atom. The molecule has 4 nitrogen and oxygen atoms in total. The van der Waals surface area contributed by atoms with Gasteiger partial charge >= 0.3 is 0 Å². The van der Waals surface area contributed by atoms with Gasteiger partial charge < -0.3 is 20.4 Å². The van der Waals surface area contributed by atoms with Crippen LogP contribution in [0.15, 0.2) is 115 Å². The van der Waals surface area contributed by atoms with Crippen molar-refractivity contribution >= 4 is 32.3 Å². The lowest BCUT2D eigenvalue weighted by Gasteiger charge is -2.26. The molecular weight excluding hydrogens is 604 g/mol. The minimum absolute atomic E-state index is 0.165. The fourth-order valence-corrected chi connectivity index (χ4v) is 7.57. The minimum atomic E-state index is -0.557. The zero-order valence-corrected chi connectivity index (χ0v) is 27.8. The highest BCUT2D eigenvalue weighted by Gasteiger charge is 2.28. The normalized spacial score (nSPS) is 11.8. The highest BCUT2D eigenvalue weighted by molar-refractivity contribution is 6.23. The van der Waals surface area contributed by atoms with Gasteiger partial charge in [-0.15, -0.1) is 0 Å². The van der Waals surface area contributed by atoms with Crippen molar-refractivity contribution in [3.8, 4) is 45.3 Å². The second-order valence-electron chi connectivity index (χ2n) is 13.4. The molecule has 4 N–H and O–H groups in total. The molecule has 8 rings (SSSR count). The van der Waals surface area contributed by atoms with Crippen molar-refractivity contribution in [2.24, 2.45) is 0 Å². The average Bonchev–Trinajstić information content (AvgIpc) is 3.10. The lowest BCUT2D eigenvalue weighted by molar-refractivity contribution is 0.454. The number of phenolic OH excluding ortho intramolecular Hbond substituents is 4. The first-order chi connectivity index (χ1) is 23.6. The standard InChI is InChI=1S/C45H36O4/c1-24-18-31(12-16-39(24)46)33-20-26(3)44(48)37(22-33)43(38-23-34(21-27(4)45(38)49)32-13-17-40(47)25(2)19-32)36-15-11-30-9-8-28-6-5-7-29-10-14-35(36)42(30)41(28)29/h5-23,43,46-49H,1-4H3. The Labute approximate surface area is 285 Å². The summed E-state index contributed by atoms with van der Waals surface area (Å²) in [6, 6.07) is 38.3. The summed E-state index contributed by atoms with van der Waals surface area (Å²) in [6.45, 7) is 7.55. The quantitative estimate of drug-likeness (QED) is 0.111. The molecule has 0 aliphatic carbocycles. The van der Waals surface area contributed by atoms with Crippen LogP contribution in [0.3, 0.4) is 0 Å². The molecule has 0 fully saturated rings. The van der Waals surface area contributed by atoms with Gasteiger partial charge in [0.15, 0.2) is 0 Å². The molecule has 0 aliphatic rings. The monoisotopic (exact) mass is 640 g/mol. The Morgan fingerprint density at radius 1 is 0.388 bits per heavy atom. The van der Waals surface area contributed by atoms with E-state index in [-0.39, 0.29) is 23.0 Å². The summed E-state index contributed by atoms with van der Waals surface area (Å²) in [4.78, 5) is 0. The molecule has 0 aliphatic heterocycles. The molecule has 0 heterocycles. The molecule has 8 aromatic rings. The number of aromatic hydroxyl groups is 4. The number of rotatable bonds is 5. The maximum Gasteiger partial charge on any atom is 0.122 e. The second kappa shape index (κ2) is 11.3. The number of phenols is 4. The van der Waals surface area contributed by atoms with Crippen LogP contribution in [0, 0.1) is 27.7 Å². The van der Waals surface area contributed by atoms with Crippen molar-refractivity contribution < 1.29 is 20.4 Å². The van der Waals surface area contributed by atoms with E-state index in [9.17, 15) is 20.4 Å². The van der Waals surface area contributed by atoms with Crippen molar-refractivity contribution in [3.63, 3.8) is 0 Å². The van der Waals surface area contributed by atoms with Gasteiger partial charge in [-0.05, 0) is 159 Å². The topological polar surface area (TPSA) is 80.9 Å². The number of aryl methyl sites for hydroxylation is 4. The van der Waals surface area contributed by atoms with E-state index >= 15 is 0 Å². The zero-order chi connectivity index (χ0) is 34.1. The molecule has 0 spiro atoms. The van der Waals surface area contributed by atoms with Crippen molar-refractivity contribution in [2.75, 3.05) is 0 Å². The number of hydrogen-bond acceptors (Lipinski definition) is 4. The van der Waals surface area contributed by atoms with Crippen molar-refractivity contribution in [2.45, 2.75) is 33.6 Å². The van der Waals surface area contributed by atoms with Crippen molar-refractivity contribution in [3.05, 3.63) is 154 Å². The van der Waals surface area contributed by atoms with Crippen LogP contribution in [0.2, 0.25) is 0 Å².